The summed E-state index contributed by atoms with van der Waals surface area (Å²) in [5, 5.41) is 14.8. The lowest BCUT2D eigenvalue weighted by molar-refractivity contribution is -0.917. The van der Waals surface area contributed by atoms with E-state index < -0.39 is 35.3 Å². The molecule has 1 amide bonds. The van der Waals surface area contributed by atoms with Gasteiger partial charge in [0.15, 0.2) is 11.6 Å². The molecule has 2 heterocycles. The van der Waals surface area contributed by atoms with Gasteiger partial charge in [-0.1, -0.05) is 0 Å². The van der Waals surface area contributed by atoms with Gasteiger partial charge in [-0.15, -0.1) is 11.3 Å². The minimum Gasteiger partial charge on any atom is -0.496 e. The number of carbonyl (C=O) groups excluding carboxylic acids is 1. The maximum Gasteiger partial charge on any atom is 0.304 e. The van der Waals surface area contributed by atoms with E-state index in [0.29, 0.717) is 39.9 Å². The maximum absolute atomic E-state index is 13.8. The number of methoxy groups -OCH3 is 1. The molecule has 1 saturated heterocycles. The number of thiazole rings is 1. The van der Waals surface area contributed by atoms with Crippen molar-refractivity contribution in [2.75, 3.05) is 53.6 Å². The number of benzene rings is 2. The Hall–Kier alpha value is -3.61. The van der Waals surface area contributed by atoms with Crippen LogP contribution in [-0.2, 0) is 33.7 Å². The second-order valence-electron chi connectivity index (χ2n) is 11.5. The molecule has 0 atom stereocenters. The second kappa shape index (κ2) is 12.9. The molecule has 0 unspecified atom stereocenters. The van der Waals surface area contributed by atoms with E-state index in [1.165, 1.54) is 11.3 Å². The van der Waals surface area contributed by atoms with Crippen LogP contribution in [0.3, 0.4) is 0 Å². The smallest absolute Gasteiger partial charge is 0.304 e. The number of carboxylic acids is 1. The summed E-state index contributed by atoms with van der Waals surface area (Å²) < 4.78 is 45.7. The lowest BCUT2D eigenvalue weighted by Gasteiger charge is -2.37. The zero-order chi connectivity index (χ0) is 30.6. The molecular weight excluding hydrogens is 580 g/mol. The minimum atomic E-state index is -1.34. The van der Waals surface area contributed by atoms with E-state index in [1.807, 2.05) is 23.6 Å². The number of ether oxygens (including phenoxy) is 3. The Morgan fingerprint density at radius 2 is 1.84 bits per heavy atom. The highest BCUT2D eigenvalue weighted by molar-refractivity contribution is 7.09. The number of rotatable bonds is 12. The van der Waals surface area contributed by atoms with E-state index in [1.54, 1.807) is 7.11 Å². The summed E-state index contributed by atoms with van der Waals surface area (Å²) in [6.45, 7) is 5.33. The summed E-state index contributed by atoms with van der Waals surface area (Å²) >= 11 is 1.35. The number of halogens is 2. The summed E-state index contributed by atoms with van der Waals surface area (Å²) in [5.41, 5.74) is 0.988. The van der Waals surface area contributed by atoms with Gasteiger partial charge in [0.05, 0.1) is 64.6 Å². The molecule has 1 aliphatic carbocycles. The van der Waals surface area contributed by atoms with Crippen LogP contribution in [-0.4, -0.2) is 80.1 Å². The lowest BCUT2D eigenvalue weighted by atomic mass is 9.80. The van der Waals surface area contributed by atoms with Gasteiger partial charge in [-0.05, 0) is 48.2 Å². The quantitative estimate of drug-likeness (QED) is 0.232. The number of carbonyl (C=O) groups is 2. The van der Waals surface area contributed by atoms with E-state index in [4.69, 9.17) is 14.2 Å². The molecule has 12 heteroatoms. The zero-order valence-corrected chi connectivity index (χ0v) is 25.1. The van der Waals surface area contributed by atoms with Crippen LogP contribution in [0, 0.1) is 17.0 Å². The molecule has 0 spiro atoms. The van der Waals surface area contributed by atoms with Crippen LogP contribution in [0.25, 0.3) is 11.3 Å². The number of quaternary nitrogens is 1. The number of aromatic nitrogens is 1. The summed E-state index contributed by atoms with van der Waals surface area (Å²) in [4.78, 5) is 29.6. The summed E-state index contributed by atoms with van der Waals surface area (Å²) in [6, 6.07) is 7.69. The highest BCUT2D eigenvalue weighted by atomic mass is 32.1. The van der Waals surface area contributed by atoms with Gasteiger partial charge in [0, 0.05) is 23.4 Å². The lowest BCUT2D eigenvalue weighted by Crippen LogP contribution is -2.52. The monoisotopic (exact) mass is 616 g/mol. The first-order valence-corrected chi connectivity index (χ1v) is 15.1. The van der Waals surface area contributed by atoms with Gasteiger partial charge in [0.1, 0.15) is 29.6 Å². The molecule has 2 aliphatic rings. The summed E-state index contributed by atoms with van der Waals surface area (Å²) in [6.07, 6.45) is 0.494. The van der Waals surface area contributed by atoms with Gasteiger partial charge in [-0.3, -0.25) is 9.59 Å². The highest BCUT2D eigenvalue weighted by Crippen LogP contribution is 2.41. The van der Waals surface area contributed by atoms with Gasteiger partial charge >= 0.3 is 5.97 Å². The third-order valence-corrected chi connectivity index (χ3v) is 9.18. The van der Waals surface area contributed by atoms with Gasteiger partial charge in [0.2, 0.25) is 5.91 Å². The molecule has 0 bridgehead atoms. The Morgan fingerprint density at radius 1 is 1.14 bits per heavy atom. The molecule has 230 valence electrons. The van der Waals surface area contributed by atoms with Crippen molar-refractivity contribution < 1.29 is 42.2 Å². The highest BCUT2D eigenvalue weighted by Gasteiger charge is 2.46. The van der Waals surface area contributed by atoms with Crippen LogP contribution in [0.5, 0.6) is 11.5 Å². The fourth-order valence-corrected chi connectivity index (χ4v) is 6.61. The van der Waals surface area contributed by atoms with Crippen molar-refractivity contribution in [1.29, 1.82) is 0 Å². The van der Waals surface area contributed by atoms with Crippen molar-refractivity contribution in [3.63, 3.8) is 0 Å². The van der Waals surface area contributed by atoms with E-state index in [2.05, 4.69) is 17.3 Å². The average molecular weight is 617 g/mol. The number of hydrogen-bond acceptors (Lipinski definition) is 7. The predicted molar refractivity (Wildman–Crippen MR) is 156 cm³/mol. The number of hydrogen-bond donors (Lipinski definition) is 2. The number of carboxylic acid groups (broad SMARTS) is 1. The Morgan fingerprint density at radius 3 is 2.49 bits per heavy atom. The van der Waals surface area contributed by atoms with E-state index in [0.717, 1.165) is 61.4 Å². The molecule has 1 aliphatic heterocycles. The zero-order valence-electron chi connectivity index (χ0n) is 24.3. The molecule has 3 aromatic rings. The number of amides is 1. The van der Waals surface area contributed by atoms with Crippen molar-refractivity contribution >= 4 is 23.2 Å². The minimum absolute atomic E-state index is 0.0137. The number of likely N-dealkylation sites (N-methyl/N-ethyl adjacent to an activating group) is 1. The molecule has 1 aromatic heterocycles. The van der Waals surface area contributed by atoms with Gasteiger partial charge in [-0.25, -0.2) is 13.8 Å². The molecule has 0 radical (unpaired) electrons. The van der Waals surface area contributed by atoms with Crippen LogP contribution in [0.15, 0.2) is 35.7 Å². The van der Waals surface area contributed by atoms with Crippen molar-refractivity contribution in [3.8, 4) is 22.8 Å². The number of nitrogens with zero attached hydrogens (tertiary/aromatic N) is 2. The molecule has 5 rings (SSSR count). The van der Waals surface area contributed by atoms with Crippen LogP contribution >= 0.6 is 11.3 Å². The second-order valence-corrected chi connectivity index (χ2v) is 12.5. The Bertz CT molecular complexity index is 1460. The van der Waals surface area contributed by atoms with Crippen LogP contribution in [0.1, 0.15) is 29.0 Å². The Labute approximate surface area is 253 Å². The van der Waals surface area contributed by atoms with Crippen molar-refractivity contribution in [1.82, 2.24) is 10.3 Å². The van der Waals surface area contributed by atoms with Crippen LogP contribution in [0.2, 0.25) is 0 Å². The number of nitrogens with one attached hydrogen (secondary N) is 1. The molecular formula is C31H36F2N3O6S+. The normalized spacial score (nSPS) is 16.8. The first-order chi connectivity index (χ1) is 20.6. The summed E-state index contributed by atoms with van der Waals surface area (Å²) in [7, 11) is 3.83. The largest absolute Gasteiger partial charge is 0.496 e. The average Bonchev–Trinajstić information content (AvgIpc) is 3.59. The fraction of sp³-hybridized carbons (Fsp3) is 0.452. The molecule has 0 saturated carbocycles. The third-order valence-electron chi connectivity index (χ3n) is 8.33. The Kier molecular flexibility index (Phi) is 9.28. The number of morpholine rings is 1. The van der Waals surface area contributed by atoms with Gasteiger partial charge in [0.25, 0.3) is 0 Å². The van der Waals surface area contributed by atoms with Gasteiger partial charge < -0.3 is 29.1 Å². The Balaban J connectivity index is 1.20. The number of aliphatic carboxylic acids is 1. The number of fused-ring (bicyclic) bond motifs is 1. The molecule has 2 N–H and O–H groups in total. The SMILES string of the molecule is COc1cc(OCCC[N+]2(C)CCOCC2)ccc1-c1csc(CNC(=O)C2(CC(=O)O)Cc3cc(F)c(F)cc3C2)n1. The topological polar surface area (TPSA) is 107 Å². The standard InChI is InChI=1S/C31H35F2N3O6S/c1-36(7-10-41-11-8-36)6-3-9-42-22-4-5-23(27(14-22)40-2)26-19-43-28(35-26)18-34-30(39)31(17-29(37)38)15-20-12-24(32)25(33)13-21(20)16-31/h4-5,12-14,19H,3,6-11,15-18H2,1-2H3,(H-,34,37,38,39)/p+1. The molecule has 9 nitrogen and oxygen atoms in total. The molecule has 43 heavy (non-hydrogen) atoms. The first kappa shape index (κ1) is 30.8. The van der Waals surface area contributed by atoms with Crippen LogP contribution < -0.4 is 14.8 Å². The van der Waals surface area contributed by atoms with Crippen molar-refractivity contribution in [2.24, 2.45) is 5.41 Å². The van der Waals surface area contributed by atoms with Crippen LogP contribution in [0.4, 0.5) is 8.78 Å². The van der Waals surface area contributed by atoms with E-state index >= 15 is 0 Å². The predicted octanol–water partition coefficient (Wildman–Crippen LogP) is 4.22. The van der Waals surface area contributed by atoms with Crippen molar-refractivity contribution in [2.45, 2.75) is 32.2 Å². The molecule has 2 aromatic carbocycles. The van der Waals surface area contributed by atoms with E-state index in [-0.39, 0.29) is 19.4 Å². The third kappa shape index (κ3) is 7.14. The van der Waals surface area contributed by atoms with E-state index in [9.17, 15) is 23.5 Å². The fourth-order valence-electron chi connectivity index (χ4n) is 5.88. The van der Waals surface area contributed by atoms with Gasteiger partial charge in [-0.2, -0.15) is 0 Å². The summed E-state index contributed by atoms with van der Waals surface area (Å²) in [5.74, 6) is -2.38. The molecule has 1 fully saturated rings. The maximum atomic E-state index is 13.8. The first-order valence-electron chi connectivity index (χ1n) is 14.2. The van der Waals surface area contributed by atoms with Crippen molar-refractivity contribution in [3.05, 3.63) is 63.5 Å².